The van der Waals surface area contributed by atoms with E-state index in [0.717, 1.165) is 27.6 Å². The summed E-state index contributed by atoms with van der Waals surface area (Å²) in [5, 5.41) is 3.53. The van der Waals surface area contributed by atoms with Crippen molar-refractivity contribution in [1.82, 2.24) is 14.5 Å². The second kappa shape index (κ2) is 10.9. The molecule has 2 N–H and O–H groups in total. The first-order valence-electron chi connectivity index (χ1n) is 11.7. The number of amides is 1. The molecular formula is C27H29N4O6P. The molecule has 10 nitrogen and oxygen atoms in total. The number of methoxy groups -OCH3 is 1. The van der Waals surface area contributed by atoms with Crippen LogP contribution in [0.1, 0.15) is 20.8 Å². The highest BCUT2D eigenvalue weighted by Gasteiger charge is 2.29. The third-order valence-electron chi connectivity index (χ3n) is 5.37. The molecule has 1 unspecified atom stereocenters. The first-order chi connectivity index (χ1) is 18.0. The summed E-state index contributed by atoms with van der Waals surface area (Å²) in [6.45, 7) is 8.22. The van der Waals surface area contributed by atoms with Crippen molar-refractivity contribution < 1.29 is 28.0 Å². The zero-order valence-corrected chi connectivity index (χ0v) is 22.4. The predicted octanol–water partition coefficient (Wildman–Crippen LogP) is 5.79. The van der Waals surface area contributed by atoms with Crippen molar-refractivity contribution >= 4 is 30.5 Å². The maximum Gasteiger partial charge on any atom is 0.474 e. The smallest absolute Gasteiger partial charge is 0.474 e. The van der Waals surface area contributed by atoms with Crippen molar-refractivity contribution in [3.05, 3.63) is 73.7 Å². The highest BCUT2D eigenvalue weighted by molar-refractivity contribution is 7.47. The van der Waals surface area contributed by atoms with E-state index in [2.05, 4.69) is 21.9 Å². The fourth-order valence-electron chi connectivity index (χ4n) is 3.82. The van der Waals surface area contributed by atoms with Crippen molar-refractivity contribution in [3.63, 3.8) is 0 Å². The van der Waals surface area contributed by atoms with Crippen LogP contribution in [0.15, 0.2) is 73.7 Å². The van der Waals surface area contributed by atoms with Crippen LogP contribution in [0.3, 0.4) is 0 Å². The zero-order valence-electron chi connectivity index (χ0n) is 21.5. The number of nitrogens with zero attached hydrogens (tertiary/aromatic N) is 3. The second-order valence-electron chi connectivity index (χ2n) is 9.40. The Morgan fingerprint density at radius 1 is 1.16 bits per heavy atom. The maximum absolute atomic E-state index is 12.5. The Bertz CT molecular complexity index is 1540. The number of carbonyl (C=O) groups is 1. The molecule has 4 aromatic rings. The van der Waals surface area contributed by atoms with Gasteiger partial charge in [0.15, 0.2) is 0 Å². The molecule has 0 saturated heterocycles. The molecule has 0 bridgehead atoms. The Hall–Kier alpha value is -3.82. The van der Waals surface area contributed by atoms with Gasteiger partial charge in [-0.25, -0.2) is 14.5 Å². The maximum atomic E-state index is 12.5. The number of hydrogen-bond acceptors (Lipinski definition) is 7. The summed E-state index contributed by atoms with van der Waals surface area (Å²) < 4.78 is 29.9. The Kier molecular flexibility index (Phi) is 7.80. The van der Waals surface area contributed by atoms with Gasteiger partial charge in [0.2, 0.25) is 11.8 Å². The number of phosphoric acid groups is 1. The summed E-state index contributed by atoms with van der Waals surface area (Å²) in [6.07, 6.45) is 6.32. The van der Waals surface area contributed by atoms with Gasteiger partial charge in [-0.3, -0.25) is 13.8 Å². The van der Waals surface area contributed by atoms with Crippen LogP contribution in [-0.2, 0) is 25.1 Å². The number of ether oxygens (including phenoxy) is 1. The van der Waals surface area contributed by atoms with E-state index in [9.17, 15) is 14.3 Å². The number of pyridine rings is 2. The van der Waals surface area contributed by atoms with Crippen molar-refractivity contribution in [3.8, 4) is 28.1 Å². The number of fused-ring (bicyclic) bond motifs is 1. The standard InChI is InChI=1S/C27H29N4O6P/c1-6-24(32)30-21-9-7-8-18(12-21)20-13-22-23(19-10-11-28-25(14-19)35-5)16-31(26(22)29-15-20)17-36-38(33,34)37-27(2,3)4/h6-16H,1,17H2,2-5H3,(H,30,32)(H,33,34). The number of aromatic nitrogens is 3. The van der Waals surface area contributed by atoms with Crippen LogP contribution in [0.5, 0.6) is 5.88 Å². The van der Waals surface area contributed by atoms with E-state index < -0.39 is 13.4 Å². The van der Waals surface area contributed by atoms with E-state index in [0.29, 0.717) is 17.2 Å². The van der Waals surface area contributed by atoms with Gasteiger partial charge in [0, 0.05) is 46.9 Å². The summed E-state index contributed by atoms with van der Waals surface area (Å²) in [5.41, 5.74) is 3.53. The molecule has 0 spiro atoms. The molecular weight excluding hydrogens is 507 g/mol. The summed E-state index contributed by atoms with van der Waals surface area (Å²) in [5.74, 6) is 0.131. The molecule has 4 rings (SSSR count). The average molecular weight is 537 g/mol. The van der Waals surface area contributed by atoms with E-state index in [4.69, 9.17) is 13.8 Å². The molecule has 0 aliphatic heterocycles. The summed E-state index contributed by atoms with van der Waals surface area (Å²) in [7, 11) is -2.79. The van der Waals surface area contributed by atoms with E-state index in [1.165, 1.54) is 13.2 Å². The topological polar surface area (TPSA) is 125 Å². The van der Waals surface area contributed by atoms with Crippen LogP contribution in [0.25, 0.3) is 33.3 Å². The van der Waals surface area contributed by atoms with Gasteiger partial charge in [-0.1, -0.05) is 18.7 Å². The van der Waals surface area contributed by atoms with Crippen molar-refractivity contribution in [1.29, 1.82) is 0 Å². The Morgan fingerprint density at radius 2 is 1.95 bits per heavy atom. The molecule has 11 heteroatoms. The van der Waals surface area contributed by atoms with E-state index in [1.807, 2.05) is 30.3 Å². The van der Waals surface area contributed by atoms with Crippen LogP contribution >= 0.6 is 7.82 Å². The largest absolute Gasteiger partial charge is 0.481 e. The predicted molar refractivity (Wildman–Crippen MR) is 146 cm³/mol. The Labute approximate surface area is 220 Å². The fraction of sp³-hybridized carbons (Fsp3) is 0.222. The van der Waals surface area contributed by atoms with Gasteiger partial charge in [-0.15, -0.1) is 0 Å². The van der Waals surface area contributed by atoms with E-state index >= 15 is 0 Å². The summed E-state index contributed by atoms with van der Waals surface area (Å²) in [6, 6.07) is 12.9. The average Bonchev–Trinajstić information content (AvgIpc) is 3.24. The summed E-state index contributed by atoms with van der Waals surface area (Å²) >= 11 is 0. The van der Waals surface area contributed by atoms with Crippen LogP contribution in [0.2, 0.25) is 0 Å². The lowest BCUT2D eigenvalue weighted by molar-refractivity contribution is -0.111. The van der Waals surface area contributed by atoms with Crippen LogP contribution in [0.4, 0.5) is 5.69 Å². The Morgan fingerprint density at radius 3 is 2.66 bits per heavy atom. The number of anilines is 1. The lowest BCUT2D eigenvalue weighted by Crippen LogP contribution is -2.18. The van der Waals surface area contributed by atoms with Gasteiger partial charge in [0.1, 0.15) is 12.4 Å². The number of nitrogens with one attached hydrogen (secondary N) is 1. The molecule has 38 heavy (non-hydrogen) atoms. The second-order valence-corrected chi connectivity index (χ2v) is 10.8. The van der Waals surface area contributed by atoms with Crippen LogP contribution < -0.4 is 10.1 Å². The number of benzene rings is 1. The van der Waals surface area contributed by atoms with Gasteiger partial charge in [0.25, 0.3) is 0 Å². The van der Waals surface area contributed by atoms with Gasteiger partial charge < -0.3 is 19.5 Å². The lowest BCUT2D eigenvalue weighted by Gasteiger charge is -2.22. The molecule has 3 aromatic heterocycles. The van der Waals surface area contributed by atoms with Crippen LogP contribution in [0, 0.1) is 0 Å². The Balaban J connectivity index is 1.78. The van der Waals surface area contributed by atoms with Crippen molar-refractivity contribution in [2.75, 3.05) is 12.4 Å². The first kappa shape index (κ1) is 27.2. The lowest BCUT2D eigenvalue weighted by atomic mass is 10.0. The van der Waals surface area contributed by atoms with Gasteiger partial charge in [-0.2, -0.15) is 0 Å². The van der Waals surface area contributed by atoms with Crippen molar-refractivity contribution in [2.24, 2.45) is 0 Å². The molecule has 1 atom stereocenters. The number of hydrogen-bond donors (Lipinski definition) is 2. The normalized spacial score (nSPS) is 13.2. The molecule has 0 aliphatic rings. The van der Waals surface area contributed by atoms with E-state index in [1.54, 1.807) is 56.1 Å². The van der Waals surface area contributed by atoms with Gasteiger partial charge in [0.05, 0.1) is 12.7 Å². The number of carbonyl (C=O) groups excluding carboxylic acids is 1. The SMILES string of the molecule is C=CC(=O)Nc1cccc(-c2cnc3c(c2)c(-c2ccnc(OC)c2)cn3COP(=O)(O)OC(C)(C)C)c1. The zero-order chi connectivity index (χ0) is 27.5. The molecule has 1 aromatic carbocycles. The third kappa shape index (κ3) is 6.54. The van der Waals surface area contributed by atoms with E-state index in [-0.39, 0.29) is 12.6 Å². The molecule has 0 fully saturated rings. The quantitative estimate of drug-likeness (QED) is 0.204. The molecule has 0 aliphatic carbocycles. The van der Waals surface area contributed by atoms with Gasteiger partial charge in [-0.05, 0) is 62.2 Å². The number of phosphoric ester groups is 1. The van der Waals surface area contributed by atoms with Gasteiger partial charge >= 0.3 is 7.82 Å². The molecule has 0 radical (unpaired) electrons. The highest BCUT2D eigenvalue weighted by Crippen LogP contribution is 2.47. The summed E-state index contributed by atoms with van der Waals surface area (Å²) in [4.78, 5) is 30.8. The molecule has 198 valence electrons. The molecule has 0 saturated carbocycles. The number of rotatable bonds is 9. The minimum Gasteiger partial charge on any atom is -0.481 e. The monoisotopic (exact) mass is 536 g/mol. The van der Waals surface area contributed by atoms with Crippen molar-refractivity contribution in [2.45, 2.75) is 33.1 Å². The van der Waals surface area contributed by atoms with Crippen LogP contribution in [-0.4, -0.2) is 38.0 Å². The fourth-order valence-corrected chi connectivity index (χ4v) is 4.84. The minimum absolute atomic E-state index is 0.266. The third-order valence-corrected chi connectivity index (χ3v) is 6.59. The molecule has 1 amide bonds. The molecule has 3 heterocycles. The highest BCUT2D eigenvalue weighted by atomic mass is 31.2. The minimum atomic E-state index is -4.33. The first-order valence-corrected chi connectivity index (χ1v) is 13.2.